The van der Waals surface area contributed by atoms with E-state index >= 15 is 0 Å². The summed E-state index contributed by atoms with van der Waals surface area (Å²) in [5, 5.41) is 3.73. The highest BCUT2D eigenvalue weighted by Crippen LogP contribution is 2.23. The Morgan fingerprint density at radius 2 is 1.76 bits per heavy atom. The molecule has 17 heavy (non-hydrogen) atoms. The van der Waals surface area contributed by atoms with Crippen molar-refractivity contribution < 1.29 is 0 Å². The van der Waals surface area contributed by atoms with E-state index in [2.05, 4.69) is 63.3 Å². The van der Waals surface area contributed by atoms with Gasteiger partial charge in [-0.3, -0.25) is 0 Å². The molecule has 1 N–H and O–H groups in total. The Morgan fingerprint density at radius 3 is 2.29 bits per heavy atom. The van der Waals surface area contributed by atoms with E-state index in [-0.39, 0.29) is 0 Å². The summed E-state index contributed by atoms with van der Waals surface area (Å²) in [6.07, 6.45) is 3.65. The number of benzene rings is 1. The molecule has 0 fully saturated rings. The zero-order valence-corrected chi connectivity index (χ0v) is 11.8. The minimum Gasteiger partial charge on any atom is -0.309 e. The summed E-state index contributed by atoms with van der Waals surface area (Å²) in [7, 11) is 0. The predicted octanol–water partition coefficient (Wildman–Crippen LogP) is 4.55. The van der Waals surface area contributed by atoms with Crippen molar-refractivity contribution in [3.63, 3.8) is 0 Å². The highest BCUT2D eigenvalue weighted by molar-refractivity contribution is 5.18. The maximum Gasteiger partial charge on any atom is 0.0320 e. The van der Waals surface area contributed by atoms with E-state index in [1.54, 1.807) is 0 Å². The van der Waals surface area contributed by atoms with Crippen LogP contribution in [0.5, 0.6) is 0 Å². The van der Waals surface area contributed by atoms with Gasteiger partial charge in [0.15, 0.2) is 0 Å². The van der Waals surface area contributed by atoms with Gasteiger partial charge in [0.1, 0.15) is 0 Å². The van der Waals surface area contributed by atoms with Gasteiger partial charge in [0, 0.05) is 12.6 Å². The Balaban J connectivity index is 2.61. The second kappa shape index (κ2) is 6.80. The largest absolute Gasteiger partial charge is 0.309 e. The summed E-state index contributed by atoms with van der Waals surface area (Å²) < 4.78 is 0. The topological polar surface area (TPSA) is 12.0 Å². The zero-order valence-electron chi connectivity index (χ0n) is 11.8. The monoisotopic (exact) mass is 233 g/mol. The Bertz CT molecular complexity index is 303. The molecule has 1 aromatic carbocycles. The fourth-order valence-corrected chi connectivity index (χ4v) is 1.89. The average molecular weight is 233 g/mol. The molecule has 0 saturated carbocycles. The van der Waals surface area contributed by atoms with E-state index < -0.39 is 0 Å². The maximum atomic E-state index is 3.73. The first-order valence-corrected chi connectivity index (χ1v) is 6.87. The number of hydrogen-bond acceptors (Lipinski definition) is 1. The van der Waals surface area contributed by atoms with Crippen LogP contribution in [-0.4, -0.2) is 6.54 Å². The van der Waals surface area contributed by atoms with Crippen molar-refractivity contribution in [2.75, 3.05) is 6.54 Å². The van der Waals surface area contributed by atoms with Crippen molar-refractivity contribution in [2.24, 2.45) is 5.41 Å². The summed E-state index contributed by atoms with van der Waals surface area (Å²) in [5.74, 6) is 0. The van der Waals surface area contributed by atoms with Gasteiger partial charge in [-0.2, -0.15) is 0 Å². The fourth-order valence-electron chi connectivity index (χ4n) is 1.89. The van der Waals surface area contributed by atoms with Crippen molar-refractivity contribution in [2.45, 2.75) is 53.0 Å². The molecular weight excluding hydrogens is 206 g/mol. The lowest BCUT2D eigenvalue weighted by molar-refractivity contribution is 0.304. The van der Waals surface area contributed by atoms with Gasteiger partial charge in [-0.25, -0.2) is 0 Å². The van der Waals surface area contributed by atoms with Crippen LogP contribution in [0.2, 0.25) is 0 Å². The molecule has 1 unspecified atom stereocenters. The molecule has 1 nitrogen and oxygen atoms in total. The second-order valence-corrected chi connectivity index (χ2v) is 5.65. The third-order valence-corrected chi connectivity index (χ3v) is 3.56. The molecular formula is C16H27N. The quantitative estimate of drug-likeness (QED) is 0.728. The van der Waals surface area contributed by atoms with Crippen LogP contribution in [0.15, 0.2) is 30.3 Å². The second-order valence-electron chi connectivity index (χ2n) is 5.65. The maximum absolute atomic E-state index is 3.73. The lowest BCUT2D eigenvalue weighted by atomic mass is 9.89. The molecule has 0 aliphatic rings. The minimum absolute atomic E-state index is 0.390. The van der Waals surface area contributed by atoms with Crippen LogP contribution >= 0.6 is 0 Å². The Hall–Kier alpha value is -0.820. The fraction of sp³-hybridized carbons (Fsp3) is 0.625. The minimum atomic E-state index is 0.390. The third kappa shape index (κ3) is 4.91. The Labute approximate surface area is 107 Å². The van der Waals surface area contributed by atoms with Gasteiger partial charge in [-0.05, 0) is 23.8 Å². The molecule has 1 aromatic rings. The number of rotatable bonds is 7. The van der Waals surface area contributed by atoms with Gasteiger partial charge in [0.05, 0.1) is 0 Å². The Kier molecular flexibility index (Phi) is 5.70. The van der Waals surface area contributed by atoms with Gasteiger partial charge in [-0.1, -0.05) is 64.4 Å². The van der Waals surface area contributed by atoms with Gasteiger partial charge in [0.25, 0.3) is 0 Å². The molecule has 0 spiro atoms. The van der Waals surface area contributed by atoms with Crippen LogP contribution in [-0.2, 0) is 0 Å². The molecule has 96 valence electrons. The molecule has 0 aromatic heterocycles. The summed E-state index contributed by atoms with van der Waals surface area (Å²) >= 11 is 0. The standard InChI is InChI=1S/C16H27N/c1-5-10-15(14-11-8-7-9-12-14)17-13-16(3,4)6-2/h7-9,11-12,15,17H,5-6,10,13H2,1-4H3. The van der Waals surface area contributed by atoms with E-state index in [9.17, 15) is 0 Å². The number of hydrogen-bond donors (Lipinski definition) is 1. The Morgan fingerprint density at radius 1 is 1.12 bits per heavy atom. The zero-order chi connectivity index (χ0) is 12.7. The van der Waals surface area contributed by atoms with Gasteiger partial charge >= 0.3 is 0 Å². The first kappa shape index (κ1) is 14.2. The smallest absolute Gasteiger partial charge is 0.0320 e. The SMILES string of the molecule is CCCC(NCC(C)(C)CC)c1ccccc1. The van der Waals surface area contributed by atoms with E-state index in [4.69, 9.17) is 0 Å². The van der Waals surface area contributed by atoms with Crippen LogP contribution in [0.3, 0.4) is 0 Å². The molecule has 1 rings (SSSR count). The summed E-state index contributed by atoms with van der Waals surface area (Å²) in [5.41, 5.74) is 1.81. The van der Waals surface area contributed by atoms with E-state index in [1.807, 2.05) is 0 Å². The van der Waals surface area contributed by atoms with Crippen molar-refractivity contribution in [1.82, 2.24) is 5.32 Å². The summed E-state index contributed by atoms with van der Waals surface area (Å²) in [4.78, 5) is 0. The lowest BCUT2D eigenvalue weighted by Gasteiger charge is -2.27. The van der Waals surface area contributed by atoms with Gasteiger partial charge < -0.3 is 5.32 Å². The lowest BCUT2D eigenvalue weighted by Crippen LogP contribution is -2.32. The van der Waals surface area contributed by atoms with Crippen molar-refractivity contribution in [3.05, 3.63) is 35.9 Å². The van der Waals surface area contributed by atoms with Crippen molar-refractivity contribution in [3.8, 4) is 0 Å². The molecule has 0 aliphatic heterocycles. The van der Waals surface area contributed by atoms with Gasteiger partial charge in [-0.15, -0.1) is 0 Å². The highest BCUT2D eigenvalue weighted by Gasteiger charge is 2.17. The average Bonchev–Trinajstić information content (AvgIpc) is 2.35. The van der Waals surface area contributed by atoms with Crippen LogP contribution in [0.4, 0.5) is 0 Å². The van der Waals surface area contributed by atoms with Crippen LogP contribution < -0.4 is 5.32 Å². The normalized spacial score (nSPS) is 13.6. The van der Waals surface area contributed by atoms with Crippen LogP contribution in [0.25, 0.3) is 0 Å². The molecule has 0 bridgehead atoms. The van der Waals surface area contributed by atoms with Crippen LogP contribution in [0.1, 0.15) is 58.6 Å². The molecule has 0 amide bonds. The molecule has 0 saturated heterocycles. The molecule has 1 atom stereocenters. The van der Waals surface area contributed by atoms with Gasteiger partial charge in [0.2, 0.25) is 0 Å². The highest BCUT2D eigenvalue weighted by atomic mass is 14.9. The van der Waals surface area contributed by atoms with E-state index in [0.29, 0.717) is 11.5 Å². The van der Waals surface area contributed by atoms with Crippen molar-refractivity contribution in [1.29, 1.82) is 0 Å². The molecule has 0 heterocycles. The molecule has 0 radical (unpaired) electrons. The summed E-state index contributed by atoms with van der Waals surface area (Å²) in [6, 6.07) is 11.3. The molecule has 0 aliphatic carbocycles. The van der Waals surface area contributed by atoms with Crippen LogP contribution in [0, 0.1) is 5.41 Å². The van der Waals surface area contributed by atoms with Crippen molar-refractivity contribution >= 4 is 0 Å². The van der Waals surface area contributed by atoms with E-state index in [1.165, 1.54) is 24.8 Å². The molecule has 1 heteroatoms. The third-order valence-electron chi connectivity index (χ3n) is 3.56. The predicted molar refractivity (Wildman–Crippen MR) is 76.2 cm³/mol. The first-order chi connectivity index (χ1) is 8.09. The number of nitrogens with one attached hydrogen (secondary N) is 1. The first-order valence-electron chi connectivity index (χ1n) is 6.87. The van der Waals surface area contributed by atoms with E-state index in [0.717, 1.165) is 6.54 Å². The summed E-state index contributed by atoms with van der Waals surface area (Å²) in [6.45, 7) is 10.3.